The Morgan fingerprint density at radius 2 is 1.92 bits per heavy atom. The highest BCUT2D eigenvalue weighted by molar-refractivity contribution is 7.15. The molecule has 0 radical (unpaired) electrons. The molecule has 0 unspecified atom stereocenters. The second kappa shape index (κ2) is 9.08. The summed E-state index contributed by atoms with van der Waals surface area (Å²) in [5.74, 6) is -0.393. The summed E-state index contributed by atoms with van der Waals surface area (Å²) < 4.78 is 0. The van der Waals surface area contributed by atoms with Crippen molar-refractivity contribution in [1.82, 2.24) is 15.5 Å². The van der Waals surface area contributed by atoms with Gasteiger partial charge in [0.1, 0.15) is 5.01 Å². The predicted molar refractivity (Wildman–Crippen MR) is 92.8 cm³/mol. The summed E-state index contributed by atoms with van der Waals surface area (Å²) in [4.78, 5) is 23.8. The largest absolute Gasteiger partial charge is 0.396 e. The van der Waals surface area contributed by atoms with Crippen LogP contribution >= 0.6 is 11.3 Å². The number of aromatic nitrogens is 2. The number of carbonyl (C=O) groups is 2. The molecule has 1 fully saturated rings. The normalized spacial score (nSPS) is 16.1. The maximum atomic E-state index is 11.9. The number of hydrogen-bond acceptors (Lipinski definition) is 6. The van der Waals surface area contributed by atoms with Crippen molar-refractivity contribution < 1.29 is 14.7 Å². The lowest BCUT2D eigenvalue weighted by molar-refractivity contribution is -0.124. The highest BCUT2D eigenvalue weighted by Crippen LogP contribution is 2.36. The minimum atomic E-state index is -0.234. The number of anilines is 1. The Hall–Kier alpha value is -1.54. The van der Waals surface area contributed by atoms with Crippen molar-refractivity contribution in [3.63, 3.8) is 0 Å². The summed E-state index contributed by atoms with van der Waals surface area (Å²) in [7, 11) is 0. The zero-order valence-electron chi connectivity index (χ0n) is 14.1. The standard InChI is InChI=1S/C16H26N4O3S/c1-2-5-14-19-20-15(24-14)18-13(23)7-6-12(22)17-10-16(11-21)8-3-4-9-16/h21H,2-11H2,1H3,(H,17,22)(H,18,20,23). The second-order valence-electron chi connectivity index (χ2n) is 6.44. The summed E-state index contributed by atoms with van der Waals surface area (Å²) in [5.41, 5.74) is -0.167. The average Bonchev–Trinajstić information content (AvgIpc) is 3.21. The van der Waals surface area contributed by atoms with E-state index in [1.54, 1.807) is 0 Å². The first-order valence-corrected chi connectivity index (χ1v) is 9.38. The quantitative estimate of drug-likeness (QED) is 0.628. The monoisotopic (exact) mass is 354 g/mol. The van der Waals surface area contributed by atoms with Gasteiger partial charge in [0.2, 0.25) is 16.9 Å². The van der Waals surface area contributed by atoms with E-state index in [0.717, 1.165) is 43.5 Å². The highest BCUT2D eigenvalue weighted by Gasteiger charge is 2.33. The molecule has 24 heavy (non-hydrogen) atoms. The lowest BCUT2D eigenvalue weighted by Crippen LogP contribution is -2.38. The smallest absolute Gasteiger partial charge is 0.226 e. The fraction of sp³-hybridized carbons (Fsp3) is 0.750. The van der Waals surface area contributed by atoms with Crippen molar-refractivity contribution >= 4 is 28.3 Å². The van der Waals surface area contributed by atoms with Crippen molar-refractivity contribution in [1.29, 1.82) is 0 Å². The van der Waals surface area contributed by atoms with Crippen molar-refractivity contribution in [3.05, 3.63) is 5.01 Å². The number of nitrogens with one attached hydrogen (secondary N) is 2. The van der Waals surface area contributed by atoms with E-state index in [0.29, 0.717) is 11.7 Å². The van der Waals surface area contributed by atoms with Crippen LogP contribution in [0.4, 0.5) is 5.13 Å². The number of aliphatic hydroxyl groups excluding tert-OH is 1. The van der Waals surface area contributed by atoms with Crippen molar-refractivity contribution in [2.45, 2.75) is 58.3 Å². The van der Waals surface area contributed by atoms with E-state index in [4.69, 9.17) is 0 Å². The van der Waals surface area contributed by atoms with Gasteiger partial charge >= 0.3 is 0 Å². The minimum absolute atomic E-state index is 0.102. The first kappa shape index (κ1) is 18.8. The SMILES string of the molecule is CCCc1nnc(NC(=O)CCC(=O)NCC2(CO)CCCC2)s1. The lowest BCUT2D eigenvalue weighted by atomic mass is 9.87. The van der Waals surface area contributed by atoms with E-state index < -0.39 is 0 Å². The van der Waals surface area contributed by atoms with Crippen LogP contribution in [0.25, 0.3) is 0 Å². The number of nitrogens with zero attached hydrogens (tertiary/aromatic N) is 2. The molecule has 134 valence electrons. The zero-order valence-corrected chi connectivity index (χ0v) is 15.0. The van der Waals surface area contributed by atoms with Crippen LogP contribution in [0, 0.1) is 5.41 Å². The molecule has 2 rings (SSSR count). The van der Waals surface area contributed by atoms with Crippen LogP contribution in [0.1, 0.15) is 56.9 Å². The van der Waals surface area contributed by atoms with Crippen LogP contribution in [-0.4, -0.2) is 40.3 Å². The summed E-state index contributed by atoms with van der Waals surface area (Å²) in [6.07, 6.45) is 6.17. The molecule has 3 N–H and O–H groups in total. The molecular formula is C16H26N4O3S. The number of amides is 2. The third-order valence-electron chi connectivity index (χ3n) is 4.42. The number of aliphatic hydroxyl groups is 1. The van der Waals surface area contributed by atoms with E-state index >= 15 is 0 Å². The topological polar surface area (TPSA) is 104 Å². The van der Waals surface area contributed by atoms with E-state index in [1.807, 2.05) is 0 Å². The van der Waals surface area contributed by atoms with Gasteiger partial charge in [-0.1, -0.05) is 31.1 Å². The highest BCUT2D eigenvalue weighted by atomic mass is 32.1. The molecule has 1 aliphatic rings. The van der Waals surface area contributed by atoms with E-state index in [2.05, 4.69) is 27.8 Å². The Morgan fingerprint density at radius 1 is 1.21 bits per heavy atom. The molecular weight excluding hydrogens is 328 g/mol. The molecule has 1 aromatic heterocycles. The summed E-state index contributed by atoms with van der Waals surface area (Å²) >= 11 is 1.37. The van der Waals surface area contributed by atoms with Crippen LogP contribution in [0.2, 0.25) is 0 Å². The molecule has 1 aromatic rings. The summed E-state index contributed by atoms with van der Waals surface area (Å²) in [6.45, 7) is 2.65. The fourth-order valence-corrected chi connectivity index (χ4v) is 3.78. The Labute approximate surface area is 146 Å². The molecule has 0 saturated heterocycles. The third-order valence-corrected chi connectivity index (χ3v) is 5.31. The van der Waals surface area contributed by atoms with E-state index in [1.165, 1.54) is 11.3 Å². The van der Waals surface area contributed by atoms with Gasteiger partial charge in [-0.05, 0) is 19.3 Å². The van der Waals surface area contributed by atoms with Crippen molar-refractivity contribution in [2.24, 2.45) is 5.41 Å². The maximum absolute atomic E-state index is 11.9. The Balaban J connectivity index is 1.68. The number of aryl methyl sites for hydroxylation is 1. The molecule has 0 aliphatic heterocycles. The zero-order chi connectivity index (χ0) is 17.4. The number of rotatable bonds is 9. The van der Waals surface area contributed by atoms with Gasteiger partial charge in [0.15, 0.2) is 0 Å². The Morgan fingerprint density at radius 3 is 2.58 bits per heavy atom. The van der Waals surface area contributed by atoms with Gasteiger partial charge < -0.3 is 15.7 Å². The summed E-state index contributed by atoms with van der Waals surface area (Å²) in [5, 5.41) is 24.3. The predicted octanol–water partition coefficient (Wildman–Crippen LogP) is 1.88. The molecule has 1 heterocycles. The van der Waals surface area contributed by atoms with E-state index in [-0.39, 0.29) is 36.7 Å². The third kappa shape index (κ3) is 5.52. The van der Waals surface area contributed by atoms with E-state index in [9.17, 15) is 14.7 Å². The van der Waals surface area contributed by atoms with Gasteiger partial charge in [0.05, 0.1) is 6.61 Å². The van der Waals surface area contributed by atoms with Crippen molar-refractivity contribution in [2.75, 3.05) is 18.5 Å². The molecule has 0 atom stereocenters. The van der Waals surface area contributed by atoms with Gasteiger partial charge in [-0.2, -0.15) is 0 Å². The van der Waals surface area contributed by atoms with Crippen LogP contribution in [0.15, 0.2) is 0 Å². The van der Waals surface area contributed by atoms with Gasteiger partial charge in [-0.15, -0.1) is 10.2 Å². The minimum Gasteiger partial charge on any atom is -0.396 e. The first-order valence-electron chi connectivity index (χ1n) is 8.57. The first-order chi connectivity index (χ1) is 11.6. The van der Waals surface area contributed by atoms with Crippen molar-refractivity contribution in [3.8, 4) is 0 Å². The van der Waals surface area contributed by atoms with Crippen LogP contribution in [-0.2, 0) is 16.0 Å². The molecule has 1 saturated carbocycles. The molecule has 8 heteroatoms. The van der Waals surface area contributed by atoms with Gasteiger partial charge in [-0.25, -0.2) is 0 Å². The van der Waals surface area contributed by atoms with Crippen LogP contribution in [0.5, 0.6) is 0 Å². The molecule has 0 spiro atoms. The summed E-state index contributed by atoms with van der Waals surface area (Å²) in [6, 6.07) is 0. The molecule has 2 amide bonds. The number of carbonyl (C=O) groups excluding carboxylic acids is 2. The Kier molecular flexibility index (Phi) is 7.11. The Bertz CT molecular complexity index is 555. The lowest BCUT2D eigenvalue weighted by Gasteiger charge is -2.26. The number of hydrogen-bond donors (Lipinski definition) is 3. The average molecular weight is 354 g/mol. The van der Waals surface area contributed by atoms with Crippen LogP contribution < -0.4 is 10.6 Å². The molecule has 0 bridgehead atoms. The molecule has 1 aliphatic carbocycles. The van der Waals surface area contributed by atoms with Gasteiger partial charge in [-0.3, -0.25) is 9.59 Å². The van der Waals surface area contributed by atoms with Crippen LogP contribution in [0.3, 0.4) is 0 Å². The fourth-order valence-electron chi connectivity index (χ4n) is 2.92. The second-order valence-corrected chi connectivity index (χ2v) is 7.50. The molecule has 7 nitrogen and oxygen atoms in total. The maximum Gasteiger partial charge on any atom is 0.226 e. The van der Waals surface area contributed by atoms with Gasteiger partial charge in [0, 0.05) is 31.2 Å². The van der Waals surface area contributed by atoms with Gasteiger partial charge in [0.25, 0.3) is 0 Å². The molecule has 0 aromatic carbocycles.